The van der Waals surface area contributed by atoms with E-state index in [4.69, 9.17) is 38.3 Å². The average molecular weight is 1000 g/mol. The van der Waals surface area contributed by atoms with Gasteiger partial charge < -0.3 is 68.9 Å². The second kappa shape index (κ2) is 30.4. The largest absolute Gasteiger partial charge is 0.481 e. The Kier molecular flexibility index (Phi) is 26.0. The zero-order valence-corrected chi connectivity index (χ0v) is 42.6. The van der Waals surface area contributed by atoms with Gasteiger partial charge >= 0.3 is 23.9 Å². The molecule has 4 rings (SSSR count). The van der Waals surface area contributed by atoms with Crippen LogP contribution in [0.25, 0.3) is 0 Å². The first kappa shape index (κ1) is 59.8. The van der Waals surface area contributed by atoms with Gasteiger partial charge in [-0.3, -0.25) is 9.59 Å². The maximum absolute atomic E-state index is 13.4. The maximum Gasteiger partial charge on any atom is 0.347 e. The Morgan fingerprint density at radius 1 is 0.600 bits per heavy atom. The zero-order chi connectivity index (χ0) is 51.5. The summed E-state index contributed by atoms with van der Waals surface area (Å²) in [4.78, 5) is 49.8. The van der Waals surface area contributed by atoms with Gasteiger partial charge in [0.1, 0.15) is 12.2 Å². The molecule has 18 nitrogen and oxygen atoms in total. The van der Waals surface area contributed by atoms with Gasteiger partial charge in [-0.25, -0.2) is 9.59 Å². The first-order valence-electron chi connectivity index (χ1n) is 26.3. The van der Waals surface area contributed by atoms with Gasteiger partial charge in [-0.05, 0) is 72.1 Å². The molecule has 4 saturated heterocycles. The highest BCUT2D eigenvalue weighted by Gasteiger charge is 2.50. The summed E-state index contributed by atoms with van der Waals surface area (Å²) in [5.74, 6) is -3.91. The number of rotatable bonds is 34. The SMILES string of the molecule is C/C(=C\C(=O)OCCCCCCCCC(=O)OC(C(=O)OCCCCCCCCC(=O)O)C(C)C[C@@H]1OC[C@H](C[C@@H]2O[C@H]2[C@@H](C)[C@H](C)O)[C@@H](O)[C@H]1O)C[C@@H]1OC[C@H](C[C@@H]2O[C@H]2[C@@H](C)[C@H](C)O)[C@@H](O)[C@H]1O. The van der Waals surface area contributed by atoms with Crippen molar-refractivity contribution in [2.45, 2.75) is 236 Å². The van der Waals surface area contributed by atoms with Crippen LogP contribution in [0.3, 0.4) is 0 Å². The summed E-state index contributed by atoms with van der Waals surface area (Å²) in [6, 6.07) is 0. The number of hydrogen-bond donors (Lipinski definition) is 7. The van der Waals surface area contributed by atoms with E-state index in [1.165, 1.54) is 6.08 Å². The minimum absolute atomic E-state index is 0.0228. The summed E-state index contributed by atoms with van der Waals surface area (Å²) in [5, 5.41) is 72.3. The summed E-state index contributed by atoms with van der Waals surface area (Å²) in [6.07, 6.45) is 3.35. The molecule has 0 bridgehead atoms. The van der Waals surface area contributed by atoms with E-state index in [-0.39, 0.29) is 100 Å². The second-order valence-electron chi connectivity index (χ2n) is 21.0. The predicted octanol–water partition coefficient (Wildman–Crippen LogP) is 4.72. The fraction of sp³-hybridized carbons (Fsp3) is 0.885. The van der Waals surface area contributed by atoms with Crippen molar-refractivity contribution in [2.75, 3.05) is 26.4 Å². The number of aliphatic carboxylic acids is 1. The van der Waals surface area contributed by atoms with Crippen LogP contribution in [0.2, 0.25) is 0 Å². The molecule has 7 N–H and O–H groups in total. The number of ether oxygens (including phenoxy) is 7. The van der Waals surface area contributed by atoms with E-state index in [2.05, 4.69) is 0 Å². The maximum atomic E-state index is 13.4. The number of carboxylic acids is 1. The molecule has 4 heterocycles. The molecule has 404 valence electrons. The van der Waals surface area contributed by atoms with E-state index in [1.807, 2.05) is 13.8 Å². The Morgan fingerprint density at radius 2 is 1.06 bits per heavy atom. The molecule has 0 aliphatic carbocycles. The van der Waals surface area contributed by atoms with E-state index in [0.717, 1.165) is 51.4 Å². The highest BCUT2D eigenvalue weighted by Crippen LogP contribution is 2.40. The Bertz CT molecular complexity index is 1610. The van der Waals surface area contributed by atoms with Crippen LogP contribution in [0.15, 0.2) is 11.6 Å². The average Bonchev–Trinajstić information content (AvgIpc) is 4.25. The molecule has 18 atom stereocenters. The lowest BCUT2D eigenvalue weighted by Gasteiger charge is -2.39. The minimum Gasteiger partial charge on any atom is -0.481 e. The number of esters is 3. The molecule has 2 unspecified atom stereocenters. The van der Waals surface area contributed by atoms with Crippen LogP contribution < -0.4 is 0 Å². The highest BCUT2D eigenvalue weighted by molar-refractivity contribution is 5.82. The van der Waals surface area contributed by atoms with Crippen LogP contribution in [0.1, 0.15) is 157 Å². The van der Waals surface area contributed by atoms with Crippen LogP contribution >= 0.6 is 0 Å². The first-order valence-corrected chi connectivity index (χ1v) is 26.3. The van der Waals surface area contributed by atoms with Crippen LogP contribution in [-0.4, -0.2) is 165 Å². The van der Waals surface area contributed by atoms with Crippen molar-refractivity contribution in [1.82, 2.24) is 0 Å². The van der Waals surface area contributed by atoms with Crippen molar-refractivity contribution in [3.63, 3.8) is 0 Å². The topological polar surface area (TPSA) is 281 Å². The second-order valence-corrected chi connectivity index (χ2v) is 21.0. The molecule has 4 fully saturated rings. The van der Waals surface area contributed by atoms with Gasteiger partial charge in [-0.2, -0.15) is 0 Å². The van der Waals surface area contributed by atoms with Crippen LogP contribution in [0, 0.1) is 29.6 Å². The number of unbranched alkanes of at least 4 members (excludes halogenated alkanes) is 10. The third-order valence-corrected chi connectivity index (χ3v) is 14.9. The van der Waals surface area contributed by atoms with E-state index < -0.39 is 84.7 Å². The van der Waals surface area contributed by atoms with Gasteiger partial charge in [0, 0.05) is 48.5 Å². The van der Waals surface area contributed by atoms with Crippen LogP contribution in [0.4, 0.5) is 0 Å². The summed E-state index contributed by atoms with van der Waals surface area (Å²) in [6.45, 7) is 11.5. The summed E-state index contributed by atoms with van der Waals surface area (Å²) < 4.78 is 40.1. The third-order valence-electron chi connectivity index (χ3n) is 14.9. The third kappa shape index (κ3) is 20.3. The molecule has 0 spiro atoms. The summed E-state index contributed by atoms with van der Waals surface area (Å²) in [5.41, 5.74) is 0.658. The first-order chi connectivity index (χ1) is 33.3. The number of epoxide rings is 2. The van der Waals surface area contributed by atoms with Gasteiger partial charge in [0.05, 0.1) is 87.5 Å². The Morgan fingerprint density at radius 3 is 1.57 bits per heavy atom. The standard InChI is InChI=1S/C52H88O18/c1-30(23-38-47(61)45(59)36(28-66-38)26-40-50(68-40)32(3)34(5)53)24-44(58)64-21-17-13-10-8-12-16-20-43(57)70-49(52(63)65-22-18-14-9-7-11-15-19-42(55)56)31(2)25-39-48(62)46(60)37(29-67-39)27-41-51(69-41)33(4)35(6)54/h24,31-41,45-51,53-54,59-62H,7-23,25-29H2,1-6H3,(H,55,56)/b30-24+/t31?,32-,33-,34-,35-,36-,37-,38-,39-,40-,41-,45+,46+,47-,48-,49?,50-,51-/m0/s1. The fourth-order valence-electron chi connectivity index (χ4n) is 9.75. The molecule has 0 saturated carbocycles. The van der Waals surface area contributed by atoms with Crippen molar-refractivity contribution >= 4 is 23.9 Å². The van der Waals surface area contributed by atoms with E-state index in [9.17, 15) is 49.8 Å². The summed E-state index contributed by atoms with van der Waals surface area (Å²) in [7, 11) is 0. The van der Waals surface area contributed by atoms with Crippen LogP contribution in [0.5, 0.6) is 0 Å². The van der Waals surface area contributed by atoms with Crippen molar-refractivity contribution in [3.05, 3.63) is 11.6 Å². The van der Waals surface area contributed by atoms with E-state index in [1.54, 1.807) is 27.7 Å². The van der Waals surface area contributed by atoms with Gasteiger partial charge in [-0.15, -0.1) is 0 Å². The zero-order valence-electron chi connectivity index (χ0n) is 42.6. The van der Waals surface area contributed by atoms with Crippen LogP contribution in [-0.2, 0) is 52.3 Å². The van der Waals surface area contributed by atoms with E-state index in [0.29, 0.717) is 44.1 Å². The molecule has 4 aliphatic heterocycles. The number of carbonyl (C=O) groups excluding carboxylic acids is 3. The molecule has 0 amide bonds. The molecular formula is C52H88O18. The van der Waals surface area contributed by atoms with Gasteiger partial charge in [0.2, 0.25) is 6.10 Å². The van der Waals surface area contributed by atoms with Crippen molar-refractivity contribution in [1.29, 1.82) is 0 Å². The van der Waals surface area contributed by atoms with Gasteiger partial charge in [0.25, 0.3) is 0 Å². The fourth-order valence-corrected chi connectivity index (χ4v) is 9.75. The minimum atomic E-state index is -1.25. The predicted molar refractivity (Wildman–Crippen MR) is 255 cm³/mol. The van der Waals surface area contributed by atoms with Gasteiger partial charge in [-0.1, -0.05) is 77.7 Å². The number of carboxylic acid groups (broad SMARTS) is 1. The number of aliphatic hydroxyl groups excluding tert-OH is 6. The molecule has 4 aliphatic rings. The molecule has 0 radical (unpaired) electrons. The molecule has 0 aromatic rings. The molecule has 0 aromatic heterocycles. The number of hydrogen-bond acceptors (Lipinski definition) is 17. The normalized spacial score (nSPS) is 31.4. The lowest BCUT2D eigenvalue weighted by molar-refractivity contribution is -0.183. The Labute approximate surface area is 415 Å². The quantitative estimate of drug-likeness (QED) is 0.0151. The van der Waals surface area contributed by atoms with Crippen molar-refractivity contribution in [3.8, 4) is 0 Å². The van der Waals surface area contributed by atoms with Gasteiger partial charge in [0.15, 0.2) is 0 Å². The Hall–Kier alpha value is -2.78. The summed E-state index contributed by atoms with van der Waals surface area (Å²) >= 11 is 0. The molecular weight excluding hydrogens is 913 g/mol. The lowest BCUT2D eigenvalue weighted by atomic mass is 9.84. The van der Waals surface area contributed by atoms with E-state index >= 15 is 0 Å². The number of aliphatic hydroxyl groups is 6. The van der Waals surface area contributed by atoms with Crippen molar-refractivity contribution < 1.29 is 88.1 Å². The lowest BCUT2D eigenvalue weighted by Crippen LogP contribution is -2.51. The highest BCUT2D eigenvalue weighted by atomic mass is 16.6. The molecule has 18 heteroatoms. The molecule has 70 heavy (non-hydrogen) atoms. The number of carbonyl (C=O) groups is 4. The van der Waals surface area contributed by atoms with Crippen molar-refractivity contribution in [2.24, 2.45) is 29.6 Å². The molecule has 0 aromatic carbocycles. The Balaban J connectivity index is 1.12. The monoisotopic (exact) mass is 1000 g/mol. The smallest absolute Gasteiger partial charge is 0.347 e.